The van der Waals surface area contributed by atoms with Gasteiger partial charge in [-0.25, -0.2) is 23.4 Å². The number of carbonyl (C=O) groups is 1. The Bertz CT molecular complexity index is 1420. The summed E-state index contributed by atoms with van der Waals surface area (Å²) in [6.07, 6.45) is 2.01. The van der Waals surface area contributed by atoms with Crippen LogP contribution in [0.25, 0.3) is 27.0 Å². The minimum Gasteiger partial charge on any atom is -0.491 e. The molecule has 1 fully saturated rings. The highest BCUT2D eigenvalue weighted by molar-refractivity contribution is 7.19. The fraction of sp³-hybridized carbons (Fsp3) is 0.217. The topological polar surface area (TPSA) is 85.2 Å². The van der Waals surface area contributed by atoms with Crippen LogP contribution in [0.2, 0.25) is 0 Å². The summed E-state index contributed by atoms with van der Waals surface area (Å²) in [4.78, 5) is 24.7. The Balaban J connectivity index is 1.42. The molecule has 1 aromatic carbocycles. The zero-order valence-corrected chi connectivity index (χ0v) is 18.6. The Morgan fingerprint density at radius 1 is 1.15 bits per heavy atom. The van der Waals surface area contributed by atoms with Crippen molar-refractivity contribution in [3.8, 4) is 32.7 Å². The Morgan fingerprint density at radius 3 is 2.91 bits per heavy atom. The van der Waals surface area contributed by atoms with Crippen molar-refractivity contribution in [1.82, 2.24) is 25.1 Å². The third-order valence-electron chi connectivity index (χ3n) is 5.76. The number of halogens is 2. The van der Waals surface area contributed by atoms with Gasteiger partial charge in [0.25, 0.3) is 0 Å². The number of fused-ring (bicyclic) bond motifs is 3. The molecule has 1 N–H and O–H groups in total. The highest BCUT2D eigenvalue weighted by Gasteiger charge is 2.25. The van der Waals surface area contributed by atoms with Gasteiger partial charge in [0.2, 0.25) is 5.91 Å². The lowest BCUT2D eigenvalue weighted by Crippen LogP contribution is -2.48. The quantitative estimate of drug-likeness (QED) is 0.485. The number of amides is 1. The van der Waals surface area contributed by atoms with Crippen LogP contribution in [0.3, 0.4) is 0 Å². The summed E-state index contributed by atoms with van der Waals surface area (Å²) in [6, 6.07) is 9.09. The third kappa shape index (κ3) is 3.58. The fourth-order valence-electron chi connectivity index (χ4n) is 4.16. The van der Waals surface area contributed by atoms with Crippen LogP contribution >= 0.6 is 11.3 Å². The van der Waals surface area contributed by atoms with Crippen molar-refractivity contribution in [2.75, 3.05) is 31.1 Å². The van der Waals surface area contributed by atoms with Crippen LogP contribution in [-0.2, 0) is 11.2 Å². The lowest BCUT2D eigenvalue weighted by molar-refractivity contribution is -0.120. The van der Waals surface area contributed by atoms with E-state index >= 15 is 0 Å². The second-order valence-electron chi connectivity index (χ2n) is 7.94. The Hall–Kier alpha value is -3.86. The van der Waals surface area contributed by atoms with E-state index in [9.17, 15) is 13.6 Å². The first-order valence-corrected chi connectivity index (χ1v) is 11.5. The fourth-order valence-corrected chi connectivity index (χ4v) is 5.35. The van der Waals surface area contributed by atoms with Gasteiger partial charge >= 0.3 is 0 Å². The number of aromatic nitrogens is 4. The lowest BCUT2D eigenvalue weighted by Gasteiger charge is -2.28. The Morgan fingerprint density at radius 2 is 2.06 bits per heavy atom. The number of nitrogens with one attached hydrogen (secondary N) is 1. The minimum absolute atomic E-state index is 0.0364. The highest BCUT2D eigenvalue weighted by atomic mass is 32.1. The molecule has 0 saturated carbocycles. The van der Waals surface area contributed by atoms with E-state index in [4.69, 9.17) is 9.72 Å². The molecule has 2 aliphatic rings. The number of ether oxygens (including phenoxy) is 1. The molecule has 4 aromatic rings. The van der Waals surface area contributed by atoms with Crippen LogP contribution in [0.4, 0.5) is 14.6 Å². The molecule has 0 radical (unpaired) electrons. The largest absolute Gasteiger partial charge is 0.491 e. The first-order chi connectivity index (χ1) is 16.6. The molecule has 6 rings (SSSR count). The standard InChI is InChI=1S/C23H18F2N6O2S/c24-14-1-2-16(15(25)10-14)31-23(27-12-28-31)18-9-13-5-8-33-17-3-4-19(29-21(17)22(13)34-18)30-7-6-26-20(32)11-30/h1-4,9-10,12H,5-8,11H2,(H,26,32). The van der Waals surface area contributed by atoms with E-state index in [1.54, 1.807) is 0 Å². The zero-order chi connectivity index (χ0) is 23.2. The number of nitrogens with zero attached hydrogens (tertiary/aromatic N) is 5. The van der Waals surface area contributed by atoms with Crippen molar-refractivity contribution >= 4 is 23.1 Å². The number of hydrogen-bond donors (Lipinski definition) is 1. The van der Waals surface area contributed by atoms with Gasteiger partial charge in [0.15, 0.2) is 11.6 Å². The minimum atomic E-state index is -0.722. The Labute approximate surface area is 196 Å². The molecule has 0 unspecified atom stereocenters. The molecule has 0 spiro atoms. The first-order valence-electron chi connectivity index (χ1n) is 10.7. The summed E-state index contributed by atoms with van der Waals surface area (Å²) in [7, 11) is 0. The number of carbonyl (C=O) groups excluding carboxylic acids is 1. The Kier molecular flexibility index (Phi) is 4.98. The molecule has 3 aromatic heterocycles. The molecular weight excluding hydrogens is 462 g/mol. The van der Waals surface area contributed by atoms with Crippen LogP contribution in [0, 0.1) is 11.6 Å². The van der Waals surface area contributed by atoms with E-state index in [1.807, 2.05) is 23.1 Å². The van der Waals surface area contributed by atoms with E-state index in [1.165, 1.54) is 34.5 Å². The molecule has 1 amide bonds. The van der Waals surface area contributed by atoms with Gasteiger partial charge in [-0.2, -0.15) is 5.10 Å². The lowest BCUT2D eigenvalue weighted by atomic mass is 10.1. The molecule has 8 nitrogen and oxygen atoms in total. The van der Waals surface area contributed by atoms with E-state index in [0.717, 1.165) is 21.4 Å². The highest BCUT2D eigenvalue weighted by Crippen LogP contribution is 2.43. The van der Waals surface area contributed by atoms with Crippen LogP contribution in [0.1, 0.15) is 5.56 Å². The summed E-state index contributed by atoms with van der Waals surface area (Å²) in [6.45, 7) is 1.98. The number of rotatable bonds is 3. The molecule has 5 heterocycles. The van der Waals surface area contributed by atoms with Crippen molar-refractivity contribution in [3.05, 3.63) is 59.9 Å². The smallest absolute Gasteiger partial charge is 0.239 e. The SMILES string of the molecule is O=C1CN(c2ccc3c(n2)-c2sc(-c4ncnn4-c4ccc(F)cc4F)cc2CCO3)CCN1. The van der Waals surface area contributed by atoms with Crippen molar-refractivity contribution in [2.24, 2.45) is 0 Å². The molecular formula is C23H18F2N6O2S. The summed E-state index contributed by atoms with van der Waals surface area (Å²) in [5.74, 6) is 0.413. The molecule has 34 heavy (non-hydrogen) atoms. The van der Waals surface area contributed by atoms with Crippen molar-refractivity contribution < 1.29 is 18.3 Å². The average molecular weight is 481 g/mol. The number of hydrogen-bond acceptors (Lipinski definition) is 7. The summed E-state index contributed by atoms with van der Waals surface area (Å²) >= 11 is 1.46. The number of piperazine rings is 1. The van der Waals surface area contributed by atoms with E-state index in [-0.39, 0.29) is 18.1 Å². The number of thiophene rings is 1. The molecule has 0 aliphatic carbocycles. The normalized spacial score (nSPS) is 15.2. The second-order valence-corrected chi connectivity index (χ2v) is 8.99. The monoisotopic (exact) mass is 480 g/mol. The van der Waals surface area contributed by atoms with Gasteiger partial charge in [0, 0.05) is 25.6 Å². The van der Waals surface area contributed by atoms with Crippen molar-refractivity contribution in [1.29, 1.82) is 0 Å². The van der Waals surface area contributed by atoms with Gasteiger partial charge < -0.3 is 15.0 Å². The van der Waals surface area contributed by atoms with Gasteiger partial charge in [0.05, 0.1) is 22.9 Å². The number of benzene rings is 1. The van der Waals surface area contributed by atoms with Gasteiger partial charge in [0.1, 0.15) is 35.1 Å². The molecule has 1 saturated heterocycles. The predicted octanol–water partition coefficient (Wildman–Crippen LogP) is 3.21. The van der Waals surface area contributed by atoms with Crippen LogP contribution in [0.5, 0.6) is 5.75 Å². The second kappa shape index (κ2) is 8.17. The maximum absolute atomic E-state index is 14.5. The molecule has 11 heteroatoms. The zero-order valence-electron chi connectivity index (χ0n) is 17.8. The van der Waals surface area contributed by atoms with Gasteiger partial charge in [-0.05, 0) is 35.9 Å². The van der Waals surface area contributed by atoms with E-state index < -0.39 is 11.6 Å². The maximum Gasteiger partial charge on any atom is 0.239 e. The van der Waals surface area contributed by atoms with Crippen LogP contribution in [0.15, 0.2) is 42.7 Å². The third-order valence-corrected chi connectivity index (χ3v) is 6.94. The number of anilines is 1. The van der Waals surface area contributed by atoms with Gasteiger partial charge in [-0.1, -0.05) is 0 Å². The average Bonchev–Trinajstić information content (AvgIpc) is 3.43. The summed E-state index contributed by atoms with van der Waals surface area (Å²) in [5, 5.41) is 6.99. The predicted molar refractivity (Wildman–Crippen MR) is 122 cm³/mol. The summed E-state index contributed by atoms with van der Waals surface area (Å²) < 4.78 is 35.2. The van der Waals surface area contributed by atoms with Crippen LogP contribution in [-0.4, -0.2) is 51.9 Å². The van der Waals surface area contributed by atoms with Crippen LogP contribution < -0.4 is 15.0 Å². The van der Waals surface area contributed by atoms with E-state index in [2.05, 4.69) is 15.4 Å². The molecule has 0 atom stereocenters. The molecule has 172 valence electrons. The van der Waals surface area contributed by atoms with Crippen molar-refractivity contribution in [2.45, 2.75) is 6.42 Å². The van der Waals surface area contributed by atoms with Gasteiger partial charge in [-0.15, -0.1) is 11.3 Å². The van der Waals surface area contributed by atoms with Crippen molar-refractivity contribution in [3.63, 3.8) is 0 Å². The van der Waals surface area contributed by atoms with E-state index in [0.29, 0.717) is 49.2 Å². The summed E-state index contributed by atoms with van der Waals surface area (Å²) in [5.41, 5.74) is 1.85. The molecule has 0 bridgehead atoms. The first kappa shape index (κ1) is 20.7. The van der Waals surface area contributed by atoms with Gasteiger partial charge in [-0.3, -0.25) is 4.79 Å². The molecule has 2 aliphatic heterocycles. The number of pyridine rings is 1. The maximum atomic E-state index is 14.5.